The van der Waals surface area contributed by atoms with E-state index in [1.165, 1.54) is 28.2 Å². The molecule has 0 saturated carbocycles. The molecule has 0 aliphatic carbocycles. The lowest BCUT2D eigenvalue weighted by Gasteiger charge is -2.28. The normalized spacial score (nSPS) is 14.5. The van der Waals surface area contributed by atoms with Gasteiger partial charge in [0.2, 0.25) is 0 Å². The molecule has 0 aromatic carbocycles. The highest BCUT2D eigenvalue weighted by Crippen LogP contribution is 2.36. The smallest absolute Gasteiger partial charge is 0.0463 e. The monoisotopic (exact) mass is 371 g/mol. The molecule has 144 valence electrons. The molecule has 0 amide bonds. The molecule has 0 spiro atoms. The second-order valence-electron chi connectivity index (χ2n) is 10.5. The van der Waals surface area contributed by atoms with Crippen molar-refractivity contribution >= 4 is 11.3 Å². The van der Waals surface area contributed by atoms with Gasteiger partial charge in [0.15, 0.2) is 0 Å². The molecule has 2 heteroatoms. The molecule has 2 aromatic rings. The van der Waals surface area contributed by atoms with Gasteiger partial charge in [-0.05, 0) is 53.3 Å². The lowest BCUT2D eigenvalue weighted by Crippen LogP contribution is -2.22. The maximum Gasteiger partial charge on any atom is 0.0463 e. The first-order valence-electron chi connectivity index (χ1n) is 9.87. The SMILES string of the molecule is CC(CCC(C)(C)c1cccc(C(C)(C)C)n1)c1csc(C(C)(C)C)c1. The Morgan fingerprint density at radius 1 is 0.923 bits per heavy atom. The summed E-state index contributed by atoms with van der Waals surface area (Å²) in [4.78, 5) is 6.49. The Kier molecular flexibility index (Phi) is 6.07. The van der Waals surface area contributed by atoms with E-state index in [0.29, 0.717) is 5.92 Å². The maximum atomic E-state index is 5.00. The van der Waals surface area contributed by atoms with Crippen LogP contribution in [0.4, 0.5) is 0 Å². The van der Waals surface area contributed by atoms with Gasteiger partial charge < -0.3 is 0 Å². The highest BCUT2D eigenvalue weighted by molar-refractivity contribution is 7.10. The minimum atomic E-state index is 0.0956. The van der Waals surface area contributed by atoms with Crippen LogP contribution in [-0.4, -0.2) is 4.98 Å². The standard InChI is InChI=1S/C24H37NS/c1-17(18-15-21(26-16-18)23(5,6)7)13-14-24(8,9)20-12-10-11-19(25-20)22(2,3)4/h10-12,15-17H,13-14H2,1-9H3. The number of nitrogens with zero attached hydrogens (tertiary/aromatic N) is 1. The molecular formula is C24H37NS. The van der Waals surface area contributed by atoms with Gasteiger partial charge >= 0.3 is 0 Å². The van der Waals surface area contributed by atoms with Crippen LogP contribution in [0, 0.1) is 0 Å². The fourth-order valence-electron chi connectivity index (χ4n) is 3.10. The van der Waals surface area contributed by atoms with Gasteiger partial charge in [0, 0.05) is 27.1 Å². The molecule has 0 radical (unpaired) electrons. The van der Waals surface area contributed by atoms with Crippen molar-refractivity contribution in [3.63, 3.8) is 0 Å². The van der Waals surface area contributed by atoms with Crippen LogP contribution in [0.5, 0.6) is 0 Å². The molecule has 2 rings (SSSR count). The largest absolute Gasteiger partial charge is 0.257 e. The van der Waals surface area contributed by atoms with Crippen molar-refractivity contribution < 1.29 is 0 Å². The van der Waals surface area contributed by atoms with Gasteiger partial charge in [0.05, 0.1) is 0 Å². The summed E-state index contributed by atoms with van der Waals surface area (Å²) in [5, 5.41) is 2.36. The molecule has 0 fully saturated rings. The van der Waals surface area contributed by atoms with Crippen LogP contribution in [0.3, 0.4) is 0 Å². The molecular weight excluding hydrogens is 334 g/mol. The summed E-state index contributed by atoms with van der Waals surface area (Å²) >= 11 is 1.91. The van der Waals surface area contributed by atoms with Crippen molar-refractivity contribution in [2.24, 2.45) is 0 Å². The molecule has 0 aliphatic heterocycles. The zero-order chi connectivity index (χ0) is 19.8. The molecule has 2 heterocycles. The first-order valence-corrected chi connectivity index (χ1v) is 10.8. The second-order valence-corrected chi connectivity index (χ2v) is 11.4. The Morgan fingerprint density at radius 2 is 1.54 bits per heavy atom. The van der Waals surface area contributed by atoms with Gasteiger partial charge in [-0.1, -0.05) is 68.4 Å². The summed E-state index contributed by atoms with van der Waals surface area (Å²) in [5.74, 6) is 0.590. The van der Waals surface area contributed by atoms with E-state index in [-0.39, 0.29) is 16.2 Å². The molecule has 26 heavy (non-hydrogen) atoms. The van der Waals surface area contributed by atoms with E-state index >= 15 is 0 Å². The van der Waals surface area contributed by atoms with Crippen LogP contribution in [-0.2, 0) is 16.2 Å². The number of hydrogen-bond donors (Lipinski definition) is 0. The van der Waals surface area contributed by atoms with E-state index in [1.54, 1.807) is 0 Å². The van der Waals surface area contributed by atoms with Crippen LogP contribution in [0.2, 0.25) is 0 Å². The number of pyridine rings is 1. The maximum absolute atomic E-state index is 5.00. The average molecular weight is 372 g/mol. The summed E-state index contributed by atoms with van der Waals surface area (Å²) in [6.07, 6.45) is 2.34. The van der Waals surface area contributed by atoms with Gasteiger partial charge in [0.1, 0.15) is 0 Å². The van der Waals surface area contributed by atoms with Crippen LogP contribution in [0.1, 0.15) is 103 Å². The fourth-order valence-corrected chi connectivity index (χ4v) is 4.23. The number of aromatic nitrogens is 1. The van der Waals surface area contributed by atoms with Crippen LogP contribution < -0.4 is 0 Å². The third kappa shape index (κ3) is 5.19. The van der Waals surface area contributed by atoms with Crippen molar-refractivity contribution in [2.45, 2.75) is 97.3 Å². The minimum absolute atomic E-state index is 0.0956. The third-order valence-electron chi connectivity index (χ3n) is 5.34. The second kappa shape index (κ2) is 7.46. The Morgan fingerprint density at radius 3 is 2.08 bits per heavy atom. The summed E-state index contributed by atoms with van der Waals surface area (Å²) in [6, 6.07) is 8.94. The zero-order valence-electron chi connectivity index (χ0n) is 18.2. The molecule has 1 atom stereocenters. The predicted molar refractivity (Wildman–Crippen MR) is 117 cm³/mol. The lowest BCUT2D eigenvalue weighted by atomic mass is 9.80. The minimum Gasteiger partial charge on any atom is -0.257 e. The van der Waals surface area contributed by atoms with Gasteiger partial charge in [-0.3, -0.25) is 4.98 Å². The van der Waals surface area contributed by atoms with Crippen LogP contribution >= 0.6 is 11.3 Å². The summed E-state index contributed by atoms with van der Waals surface area (Å²) < 4.78 is 0. The molecule has 0 bridgehead atoms. The Labute approximate surface area is 165 Å². The third-order valence-corrected chi connectivity index (χ3v) is 6.72. The summed E-state index contributed by atoms with van der Waals surface area (Å²) in [6.45, 7) is 20.6. The van der Waals surface area contributed by atoms with E-state index in [2.05, 4.69) is 92.0 Å². The Balaban J connectivity index is 2.09. The number of hydrogen-bond acceptors (Lipinski definition) is 2. The number of rotatable bonds is 5. The predicted octanol–water partition coefficient (Wildman–Crippen LogP) is 7.60. The van der Waals surface area contributed by atoms with E-state index in [9.17, 15) is 0 Å². The summed E-state index contributed by atoms with van der Waals surface area (Å²) in [7, 11) is 0. The van der Waals surface area contributed by atoms with Gasteiger partial charge in [-0.15, -0.1) is 11.3 Å². The first-order chi connectivity index (χ1) is 11.8. The van der Waals surface area contributed by atoms with Crippen molar-refractivity contribution in [3.05, 3.63) is 51.5 Å². The van der Waals surface area contributed by atoms with Crippen LogP contribution in [0.15, 0.2) is 29.6 Å². The first kappa shape index (κ1) is 21.2. The molecule has 1 nitrogen and oxygen atoms in total. The van der Waals surface area contributed by atoms with Crippen molar-refractivity contribution in [3.8, 4) is 0 Å². The lowest BCUT2D eigenvalue weighted by molar-refractivity contribution is 0.424. The van der Waals surface area contributed by atoms with E-state index < -0.39 is 0 Å². The van der Waals surface area contributed by atoms with Crippen molar-refractivity contribution in [2.75, 3.05) is 0 Å². The van der Waals surface area contributed by atoms with E-state index in [4.69, 9.17) is 4.98 Å². The molecule has 0 saturated heterocycles. The van der Waals surface area contributed by atoms with Crippen molar-refractivity contribution in [1.29, 1.82) is 0 Å². The molecule has 2 aromatic heterocycles. The quantitative estimate of drug-likeness (QED) is 0.527. The molecule has 0 aliphatic rings. The van der Waals surface area contributed by atoms with Crippen LogP contribution in [0.25, 0.3) is 0 Å². The topological polar surface area (TPSA) is 12.9 Å². The Hall–Kier alpha value is -1.15. The zero-order valence-corrected chi connectivity index (χ0v) is 19.1. The summed E-state index contributed by atoms with van der Waals surface area (Å²) in [5.41, 5.74) is 4.34. The Bertz CT molecular complexity index is 725. The average Bonchev–Trinajstić information content (AvgIpc) is 3.02. The van der Waals surface area contributed by atoms with Gasteiger partial charge in [0.25, 0.3) is 0 Å². The highest BCUT2D eigenvalue weighted by atomic mass is 32.1. The van der Waals surface area contributed by atoms with Gasteiger partial charge in [-0.2, -0.15) is 0 Å². The molecule has 1 unspecified atom stereocenters. The van der Waals surface area contributed by atoms with E-state index in [0.717, 1.165) is 6.42 Å². The molecule has 0 N–H and O–H groups in total. The highest BCUT2D eigenvalue weighted by Gasteiger charge is 2.26. The van der Waals surface area contributed by atoms with Crippen molar-refractivity contribution in [1.82, 2.24) is 4.98 Å². The number of thiophene rings is 1. The van der Waals surface area contributed by atoms with Gasteiger partial charge in [-0.25, -0.2) is 0 Å². The fraction of sp³-hybridized carbons (Fsp3) is 0.625. The van der Waals surface area contributed by atoms with E-state index in [1.807, 2.05) is 11.3 Å².